The van der Waals surface area contributed by atoms with E-state index < -0.39 is 0 Å². The van der Waals surface area contributed by atoms with Crippen LogP contribution in [0.3, 0.4) is 0 Å². The topological polar surface area (TPSA) is 54.9 Å². The van der Waals surface area contributed by atoms with Crippen LogP contribution >= 0.6 is 0 Å². The average molecular weight is 243 g/mol. The molecule has 4 heteroatoms. The van der Waals surface area contributed by atoms with Crippen LogP contribution in [0.2, 0.25) is 0 Å². The van der Waals surface area contributed by atoms with Gasteiger partial charge in [0.1, 0.15) is 0 Å². The van der Waals surface area contributed by atoms with E-state index in [-0.39, 0.29) is 11.3 Å². The van der Waals surface area contributed by atoms with Gasteiger partial charge in [0.2, 0.25) is 0 Å². The quantitative estimate of drug-likeness (QED) is 0.881. The van der Waals surface area contributed by atoms with Crippen molar-refractivity contribution in [1.82, 2.24) is 15.5 Å². The molecule has 0 unspecified atom stereocenters. The molecule has 0 spiro atoms. The van der Waals surface area contributed by atoms with Gasteiger partial charge in [0.25, 0.3) is 5.91 Å². The zero-order chi connectivity index (χ0) is 13.2. The summed E-state index contributed by atoms with van der Waals surface area (Å²) in [5.41, 5.74) is 1.37. The summed E-state index contributed by atoms with van der Waals surface area (Å²) in [6.45, 7) is 6.87. The highest BCUT2D eigenvalue weighted by Gasteiger charge is 2.15. The zero-order valence-electron chi connectivity index (χ0n) is 10.9. The molecule has 1 heterocycles. The molecule has 0 aliphatic heterocycles. The van der Waals surface area contributed by atoms with Gasteiger partial charge in [0.05, 0.1) is 17.3 Å². The molecule has 0 atom stereocenters. The zero-order valence-corrected chi connectivity index (χ0v) is 10.9. The van der Waals surface area contributed by atoms with Gasteiger partial charge >= 0.3 is 0 Å². The number of fused-ring (bicyclic) bond motifs is 1. The Balaban J connectivity index is 2.28. The van der Waals surface area contributed by atoms with E-state index >= 15 is 0 Å². The maximum absolute atomic E-state index is 12.1. The van der Waals surface area contributed by atoms with E-state index in [1.807, 2.05) is 24.3 Å². The smallest absolute Gasteiger partial charge is 0.253 e. The summed E-state index contributed by atoms with van der Waals surface area (Å²) < 4.78 is 0. The fraction of sp³-hybridized carbons (Fsp3) is 0.357. The van der Waals surface area contributed by atoms with Gasteiger partial charge in [-0.3, -0.25) is 4.79 Å². The van der Waals surface area contributed by atoms with E-state index in [1.54, 1.807) is 0 Å². The number of benzene rings is 1. The van der Waals surface area contributed by atoms with Crippen molar-refractivity contribution in [3.8, 4) is 0 Å². The fourth-order valence-corrected chi connectivity index (χ4v) is 1.63. The van der Waals surface area contributed by atoms with Gasteiger partial charge < -0.3 is 5.32 Å². The Morgan fingerprint density at radius 3 is 2.72 bits per heavy atom. The molecule has 1 N–H and O–H groups in total. The summed E-state index contributed by atoms with van der Waals surface area (Å²) in [6.07, 6.45) is 1.51. The highest BCUT2D eigenvalue weighted by atomic mass is 16.1. The molecule has 1 aromatic heterocycles. The average Bonchev–Trinajstić information content (AvgIpc) is 2.34. The minimum atomic E-state index is -0.101. The van der Waals surface area contributed by atoms with Gasteiger partial charge in [-0.2, -0.15) is 10.2 Å². The van der Waals surface area contributed by atoms with Crippen molar-refractivity contribution in [3.05, 3.63) is 36.0 Å². The second-order valence-corrected chi connectivity index (χ2v) is 5.52. The molecular weight excluding hydrogens is 226 g/mol. The maximum atomic E-state index is 12.1. The third-order valence-electron chi connectivity index (χ3n) is 2.57. The number of hydrogen-bond donors (Lipinski definition) is 1. The lowest BCUT2D eigenvalue weighted by Gasteiger charge is -2.18. The van der Waals surface area contributed by atoms with Crippen molar-refractivity contribution >= 4 is 16.8 Å². The predicted molar refractivity (Wildman–Crippen MR) is 71.3 cm³/mol. The molecule has 94 valence electrons. The summed E-state index contributed by atoms with van der Waals surface area (Å²) >= 11 is 0. The molecular formula is C14H17N3O. The molecule has 0 radical (unpaired) electrons. The van der Waals surface area contributed by atoms with E-state index in [0.29, 0.717) is 12.1 Å². The number of carbonyl (C=O) groups excluding carboxylic acids is 1. The van der Waals surface area contributed by atoms with Gasteiger partial charge in [0.15, 0.2) is 0 Å². The van der Waals surface area contributed by atoms with Gasteiger partial charge in [-0.15, -0.1) is 0 Å². The molecule has 1 aromatic carbocycles. The third kappa shape index (κ3) is 2.83. The summed E-state index contributed by atoms with van der Waals surface area (Å²) in [5, 5.41) is 11.6. The van der Waals surface area contributed by atoms with Gasteiger partial charge in [-0.05, 0) is 11.5 Å². The Morgan fingerprint density at radius 1 is 1.28 bits per heavy atom. The minimum Gasteiger partial charge on any atom is -0.351 e. The number of rotatable bonds is 2. The van der Waals surface area contributed by atoms with Crippen molar-refractivity contribution in [3.63, 3.8) is 0 Å². The Hall–Kier alpha value is -1.97. The predicted octanol–water partition coefficient (Wildman–Crippen LogP) is 2.41. The number of nitrogens with zero attached hydrogens (tertiary/aromatic N) is 2. The van der Waals surface area contributed by atoms with Crippen LogP contribution in [0.25, 0.3) is 10.9 Å². The van der Waals surface area contributed by atoms with Crippen molar-refractivity contribution in [2.45, 2.75) is 20.8 Å². The molecule has 2 rings (SSSR count). The second-order valence-electron chi connectivity index (χ2n) is 5.52. The van der Waals surface area contributed by atoms with Crippen LogP contribution in [-0.4, -0.2) is 22.6 Å². The first-order valence-corrected chi connectivity index (χ1v) is 5.96. The highest BCUT2D eigenvalue weighted by Crippen LogP contribution is 2.16. The Morgan fingerprint density at radius 2 is 2.00 bits per heavy atom. The normalized spacial score (nSPS) is 11.5. The largest absolute Gasteiger partial charge is 0.351 e. The molecule has 18 heavy (non-hydrogen) atoms. The van der Waals surface area contributed by atoms with Gasteiger partial charge in [0, 0.05) is 11.9 Å². The number of amides is 1. The minimum absolute atomic E-state index is 0.0614. The second kappa shape index (κ2) is 4.72. The van der Waals surface area contributed by atoms with E-state index in [2.05, 4.69) is 36.3 Å². The maximum Gasteiger partial charge on any atom is 0.253 e. The van der Waals surface area contributed by atoms with Gasteiger partial charge in [-0.25, -0.2) is 0 Å². The molecule has 0 fully saturated rings. The van der Waals surface area contributed by atoms with Gasteiger partial charge in [-0.1, -0.05) is 39.0 Å². The molecule has 4 nitrogen and oxygen atoms in total. The number of nitrogens with one attached hydrogen (secondary N) is 1. The highest BCUT2D eigenvalue weighted by molar-refractivity contribution is 6.05. The molecule has 0 bridgehead atoms. The Bertz CT molecular complexity index is 567. The lowest BCUT2D eigenvalue weighted by molar-refractivity contribution is 0.0940. The van der Waals surface area contributed by atoms with Crippen LogP contribution in [0, 0.1) is 5.41 Å². The first-order valence-electron chi connectivity index (χ1n) is 5.96. The van der Waals surface area contributed by atoms with Crippen LogP contribution in [0.4, 0.5) is 0 Å². The number of aromatic nitrogens is 2. The van der Waals surface area contributed by atoms with Crippen LogP contribution in [-0.2, 0) is 0 Å². The number of carbonyl (C=O) groups is 1. The Labute approximate surface area is 106 Å². The SMILES string of the molecule is CC(C)(C)CNC(=O)c1cnnc2ccccc12. The molecule has 0 saturated heterocycles. The lowest BCUT2D eigenvalue weighted by Crippen LogP contribution is -2.32. The summed E-state index contributed by atoms with van der Waals surface area (Å²) in [6, 6.07) is 7.51. The summed E-state index contributed by atoms with van der Waals surface area (Å²) in [5.74, 6) is -0.101. The standard InChI is InChI=1S/C14H17N3O/c1-14(2,3)9-15-13(18)11-8-16-17-12-7-5-4-6-10(11)12/h4-8H,9H2,1-3H3,(H,15,18). The van der Waals surface area contributed by atoms with Crippen molar-refractivity contribution < 1.29 is 4.79 Å². The fourth-order valence-electron chi connectivity index (χ4n) is 1.63. The summed E-state index contributed by atoms with van der Waals surface area (Å²) in [7, 11) is 0. The third-order valence-corrected chi connectivity index (χ3v) is 2.57. The van der Waals surface area contributed by atoms with E-state index in [0.717, 1.165) is 10.9 Å². The molecule has 0 aliphatic carbocycles. The van der Waals surface area contributed by atoms with Crippen LogP contribution in [0.5, 0.6) is 0 Å². The molecule has 0 saturated carbocycles. The number of hydrogen-bond acceptors (Lipinski definition) is 3. The van der Waals surface area contributed by atoms with Crippen molar-refractivity contribution in [1.29, 1.82) is 0 Å². The monoisotopic (exact) mass is 243 g/mol. The van der Waals surface area contributed by atoms with E-state index in [1.165, 1.54) is 6.20 Å². The van der Waals surface area contributed by atoms with Crippen LogP contribution < -0.4 is 5.32 Å². The molecule has 1 amide bonds. The lowest BCUT2D eigenvalue weighted by atomic mass is 9.97. The van der Waals surface area contributed by atoms with Crippen LogP contribution in [0.1, 0.15) is 31.1 Å². The van der Waals surface area contributed by atoms with Crippen LogP contribution in [0.15, 0.2) is 30.5 Å². The van der Waals surface area contributed by atoms with E-state index in [9.17, 15) is 4.79 Å². The Kier molecular flexibility index (Phi) is 3.28. The molecule has 2 aromatic rings. The van der Waals surface area contributed by atoms with Crippen molar-refractivity contribution in [2.75, 3.05) is 6.54 Å². The van der Waals surface area contributed by atoms with E-state index in [4.69, 9.17) is 0 Å². The molecule has 0 aliphatic rings. The first kappa shape index (κ1) is 12.5. The summed E-state index contributed by atoms with van der Waals surface area (Å²) in [4.78, 5) is 12.1. The van der Waals surface area contributed by atoms with Crippen molar-refractivity contribution in [2.24, 2.45) is 5.41 Å². The first-order chi connectivity index (χ1) is 8.47.